The molecule has 0 radical (unpaired) electrons. The topological polar surface area (TPSA) is 69.4 Å². The number of nitro benzene ring substituents is 1. The van der Waals surface area contributed by atoms with Crippen LogP contribution in [-0.2, 0) is 9.53 Å². The van der Waals surface area contributed by atoms with Gasteiger partial charge in [0, 0.05) is 17.2 Å². The molecular formula is C13H12ClNO4. The SMILES string of the molecule is CCOC(=O)C=CC=Cc1cc(Cl)ccc1[N+](=O)[O-]. The summed E-state index contributed by atoms with van der Waals surface area (Å²) in [4.78, 5) is 21.3. The zero-order valence-electron chi connectivity index (χ0n) is 10.2. The van der Waals surface area contributed by atoms with Crippen molar-refractivity contribution in [2.24, 2.45) is 0 Å². The third-order valence-electron chi connectivity index (χ3n) is 2.09. The first-order chi connectivity index (χ1) is 9.04. The Balaban J connectivity index is 2.84. The van der Waals surface area contributed by atoms with Gasteiger partial charge in [0.25, 0.3) is 5.69 Å². The Hall–Kier alpha value is -2.14. The van der Waals surface area contributed by atoms with E-state index in [4.69, 9.17) is 11.6 Å². The number of hydrogen-bond donors (Lipinski definition) is 0. The molecular weight excluding hydrogens is 270 g/mol. The van der Waals surface area contributed by atoms with Crippen molar-refractivity contribution in [3.63, 3.8) is 0 Å². The number of esters is 1. The minimum Gasteiger partial charge on any atom is -0.463 e. The fourth-order valence-electron chi connectivity index (χ4n) is 1.31. The van der Waals surface area contributed by atoms with Crippen molar-refractivity contribution < 1.29 is 14.5 Å². The van der Waals surface area contributed by atoms with Crippen LogP contribution in [0, 0.1) is 10.1 Å². The summed E-state index contributed by atoms with van der Waals surface area (Å²) in [5.74, 6) is -0.465. The molecule has 0 bridgehead atoms. The monoisotopic (exact) mass is 281 g/mol. The van der Waals surface area contributed by atoms with Crippen LogP contribution < -0.4 is 0 Å². The van der Waals surface area contributed by atoms with Gasteiger partial charge in [0.15, 0.2) is 0 Å². The highest BCUT2D eigenvalue weighted by Gasteiger charge is 2.10. The van der Waals surface area contributed by atoms with E-state index < -0.39 is 10.9 Å². The van der Waals surface area contributed by atoms with Gasteiger partial charge in [-0.25, -0.2) is 4.79 Å². The summed E-state index contributed by atoms with van der Waals surface area (Å²) in [5.41, 5.74) is 0.316. The number of rotatable bonds is 5. The molecule has 0 aliphatic heterocycles. The van der Waals surface area contributed by atoms with Crippen LogP contribution in [-0.4, -0.2) is 17.5 Å². The van der Waals surface area contributed by atoms with Crippen molar-refractivity contribution in [2.45, 2.75) is 6.92 Å². The predicted octanol–water partition coefficient (Wildman–Crippen LogP) is 3.38. The molecule has 1 aromatic carbocycles. The van der Waals surface area contributed by atoms with Crippen LogP contribution in [0.1, 0.15) is 12.5 Å². The number of nitro groups is 1. The van der Waals surface area contributed by atoms with Crippen molar-refractivity contribution in [3.8, 4) is 0 Å². The minimum atomic E-state index is -0.495. The van der Waals surface area contributed by atoms with Gasteiger partial charge in [0.05, 0.1) is 17.1 Å². The number of ether oxygens (including phenoxy) is 1. The van der Waals surface area contributed by atoms with E-state index in [0.717, 1.165) is 0 Å². The lowest BCUT2D eigenvalue weighted by molar-refractivity contribution is -0.385. The largest absolute Gasteiger partial charge is 0.463 e. The van der Waals surface area contributed by atoms with Crippen LogP contribution in [0.3, 0.4) is 0 Å². The van der Waals surface area contributed by atoms with E-state index in [0.29, 0.717) is 17.2 Å². The van der Waals surface area contributed by atoms with Gasteiger partial charge < -0.3 is 4.74 Å². The lowest BCUT2D eigenvalue weighted by Crippen LogP contribution is -1.98. The maximum atomic E-state index is 11.0. The zero-order valence-corrected chi connectivity index (χ0v) is 11.0. The van der Waals surface area contributed by atoms with Gasteiger partial charge in [-0.1, -0.05) is 23.8 Å². The Morgan fingerprint density at radius 2 is 2.21 bits per heavy atom. The van der Waals surface area contributed by atoms with E-state index in [2.05, 4.69) is 4.74 Å². The van der Waals surface area contributed by atoms with E-state index in [1.54, 1.807) is 6.92 Å². The Labute approximate surface area is 115 Å². The van der Waals surface area contributed by atoms with E-state index in [-0.39, 0.29) is 5.69 Å². The van der Waals surface area contributed by atoms with Gasteiger partial charge in [-0.2, -0.15) is 0 Å². The molecule has 0 saturated heterocycles. The van der Waals surface area contributed by atoms with Gasteiger partial charge >= 0.3 is 5.97 Å². The van der Waals surface area contributed by atoms with Gasteiger partial charge in [-0.15, -0.1) is 0 Å². The molecule has 0 amide bonds. The quantitative estimate of drug-likeness (QED) is 0.273. The molecule has 5 nitrogen and oxygen atoms in total. The van der Waals surface area contributed by atoms with Crippen molar-refractivity contribution in [2.75, 3.05) is 6.61 Å². The maximum Gasteiger partial charge on any atom is 0.330 e. The summed E-state index contributed by atoms with van der Waals surface area (Å²) >= 11 is 5.78. The fraction of sp³-hybridized carbons (Fsp3) is 0.154. The predicted molar refractivity (Wildman–Crippen MR) is 72.9 cm³/mol. The second-order valence-electron chi connectivity index (χ2n) is 3.43. The number of nitrogens with zero attached hydrogens (tertiary/aromatic N) is 1. The molecule has 0 aliphatic rings. The molecule has 0 heterocycles. The molecule has 0 atom stereocenters. The third kappa shape index (κ3) is 4.93. The van der Waals surface area contributed by atoms with Crippen molar-refractivity contribution in [3.05, 3.63) is 57.1 Å². The highest BCUT2D eigenvalue weighted by Crippen LogP contribution is 2.23. The minimum absolute atomic E-state index is 0.0508. The maximum absolute atomic E-state index is 11.0. The number of carbonyl (C=O) groups is 1. The Bertz CT molecular complexity index is 537. The number of carbonyl (C=O) groups excluding carboxylic acids is 1. The molecule has 0 unspecified atom stereocenters. The molecule has 0 aromatic heterocycles. The van der Waals surface area contributed by atoms with Crippen LogP contribution in [0.15, 0.2) is 36.4 Å². The second-order valence-corrected chi connectivity index (χ2v) is 3.87. The Morgan fingerprint density at radius 1 is 1.47 bits per heavy atom. The zero-order chi connectivity index (χ0) is 14.3. The van der Waals surface area contributed by atoms with Gasteiger partial charge in [-0.05, 0) is 25.1 Å². The fourth-order valence-corrected chi connectivity index (χ4v) is 1.49. The summed E-state index contributed by atoms with van der Waals surface area (Å²) in [6.07, 6.45) is 5.69. The van der Waals surface area contributed by atoms with Gasteiger partial charge in [-0.3, -0.25) is 10.1 Å². The summed E-state index contributed by atoms with van der Waals surface area (Å²) in [5, 5.41) is 11.2. The summed E-state index contributed by atoms with van der Waals surface area (Å²) in [6.45, 7) is 2.00. The molecule has 0 N–H and O–H groups in total. The van der Waals surface area contributed by atoms with Crippen LogP contribution in [0.25, 0.3) is 6.08 Å². The van der Waals surface area contributed by atoms with Crippen molar-refractivity contribution in [1.29, 1.82) is 0 Å². The normalized spacial score (nSPS) is 11.1. The summed E-state index contributed by atoms with van der Waals surface area (Å²) in [6, 6.07) is 4.26. The first-order valence-electron chi connectivity index (χ1n) is 5.50. The Kier molecular flexibility index (Phi) is 5.75. The number of allylic oxidation sites excluding steroid dienone is 2. The molecule has 1 aromatic rings. The van der Waals surface area contributed by atoms with Gasteiger partial charge in [0.1, 0.15) is 0 Å². The molecule has 19 heavy (non-hydrogen) atoms. The molecule has 100 valence electrons. The molecule has 1 rings (SSSR count). The standard InChI is InChI=1S/C13H12ClNO4/c1-2-19-13(16)6-4-3-5-10-9-11(14)7-8-12(10)15(17)18/h3-9H,2H2,1H3. The van der Waals surface area contributed by atoms with Crippen molar-refractivity contribution >= 4 is 29.3 Å². The lowest BCUT2D eigenvalue weighted by atomic mass is 10.1. The van der Waals surface area contributed by atoms with E-state index in [1.165, 1.54) is 42.5 Å². The van der Waals surface area contributed by atoms with E-state index in [9.17, 15) is 14.9 Å². The molecule has 0 spiro atoms. The summed E-state index contributed by atoms with van der Waals surface area (Å²) < 4.78 is 4.69. The van der Waals surface area contributed by atoms with E-state index >= 15 is 0 Å². The average Bonchev–Trinajstić information content (AvgIpc) is 2.34. The smallest absolute Gasteiger partial charge is 0.330 e. The highest BCUT2D eigenvalue weighted by atomic mass is 35.5. The number of halogens is 1. The average molecular weight is 282 g/mol. The number of hydrogen-bond acceptors (Lipinski definition) is 4. The lowest BCUT2D eigenvalue weighted by Gasteiger charge is -1.97. The van der Waals surface area contributed by atoms with Crippen LogP contribution in [0.4, 0.5) is 5.69 Å². The third-order valence-corrected chi connectivity index (χ3v) is 2.33. The van der Waals surface area contributed by atoms with Crippen LogP contribution in [0.5, 0.6) is 0 Å². The highest BCUT2D eigenvalue weighted by molar-refractivity contribution is 6.30. The Morgan fingerprint density at radius 3 is 2.84 bits per heavy atom. The van der Waals surface area contributed by atoms with Crippen molar-refractivity contribution in [1.82, 2.24) is 0 Å². The van der Waals surface area contributed by atoms with Gasteiger partial charge in [0.2, 0.25) is 0 Å². The number of benzene rings is 1. The first kappa shape index (κ1) is 14.9. The molecule has 0 aliphatic carbocycles. The van der Waals surface area contributed by atoms with E-state index in [1.807, 2.05) is 0 Å². The molecule has 0 saturated carbocycles. The summed E-state index contributed by atoms with van der Waals surface area (Å²) in [7, 11) is 0. The molecule has 0 fully saturated rings. The first-order valence-corrected chi connectivity index (χ1v) is 5.88. The second kappa shape index (κ2) is 7.33. The van der Waals surface area contributed by atoms with Crippen LogP contribution in [0.2, 0.25) is 5.02 Å². The molecule has 6 heteroatoms. The van der Waals surface area contributed by atoms with Crippen LogP contribution >= 0.6 is 11.6 Å².